The van der Waals surface area contributed by atoms with E-state index in [2.05, 4.69) is 12.2 Å². The molecule has 1 aliphatic heterocycles. The number of ether oxygens (including phenoxy) is 2. The third kappa shape index (κ3) is 2.69. The molecule has 0 amide bonds. The van der Waals surface area contributed by atoms with Crippen molar-refractivity contribution in [2.45, 2.75) is 38.7 Å². The summed E-state index contributed by atoms with van der Waals surface area (Å²) < 4.78 is 10.6. The highest BCUT2D eigenvalue weighted by Gasteiger charge is 2.39. The molecule has 1 aliphatic carbocycles. The first-order valence-electron chi connectivity index (χ1n) is 5.75. The van der Waals surface area contributed by atoms with Gasteiger partial charge in [0.05, 0.1) is 12.7 Å². The van der Waals surface area contributed by atoms with Gasteiger partial charge in [0.2, 0.25) is 0 Å². The van der Waals surface area contributed by atoms with Crippen molar-refractivity contribution >= 4 is 0 Å². The lowest BCUT2D eigenvalue weighted by Crippen LogP contribution is -2.36. The number of rotatable bonds is 5. The van der Waals surface area contributed by atoms with Crippen LogP contribution in [-0.2, 0) is 9.47 Å². The topological polar surface area (TPSA) is 30.5 Å². The maximum Gasteiger partial charge on any atom is 0.147 e. The zero-order valence-corrected chi connectivity index (χ0v) is 9.05. The third-order valence-corrected chi connectivity index (χ3v) is 3.55. The van der Waals surface area contributed by atoms with Crippen LogP contribution in [-0.4, -0.2) is 32.6 Å². The Morgan fingerprint density at radius 3 is 2.86 bits per heavy atom. The zero-order chi connectivity index (χ0) is 9.86. The molecule has 3 nitrogen and oxygen atoms in total. The first-order valence-corrected chi connectivity index (χ1v) is 5.75. The van der Waals surface area contributed by atoms with E-state index in [1.54, 1.807) is 0 Å². The molecule has 1 saturated carbocycles. The molecule has 0 radical (unpaired) electrons. The normalized spacial score (nSPS) is 30.2. The van der Waals surface area contributed by atoms with Crippen molar-refractivity contribution in [3.8, 4) is 0 Å². The van der Waals surface area contributed by atoms with Gasteiger partial charge in [-0.15, -0.1) is 0 Å². The highest BCUT2D eigenvalue weighted by molar-refractivity contribution is 4.93. The molecule has 82 valence electrons. The fourth-order valence-electron chi connectivity index (χ4n) is 1.99. The molecule has 1 heterocycles. The Labute approximate surface area is 86.2 Å². The summed E-state index contributed by atoms with van der Waals surface area (Å²) in [5, 5.41) is 3.53. The van der Waals surface area contributed by atoms with E-state index in [0.717, 1.165) is 19.6 Å². The number of hydrogen-bond acceptors (Lipinski definition) is 3. The maximum atomic E-state index is 5.46. The van der Waals surface area contributed by atoms with E-state index < -0.39 is 0 Å². The smallest absolute Gasteiger partial charge is 0.147 e. The minimum absolute atomic E-state index is 0.372. The Hall–Kier alpha value is -0.120. The highest BCUT2D eigenvalue weighted by atomic mass is 16.7. The summed E-state index contributed by atoms with van der Waals surface area (Å²) in [6.07, 6.45) is 5.54. The Bertz CT molecular complexity index is 174. The molecular formula is C11H21NO2. The van der Waals surface area contributed by atoms with E-state index in [4.69, 9.17) is 9.47 Å². The lowest BCUT2D eigenvalue weighted by molar-refractivity contribution is -0.137. The quantitative estimate of drug-likeness (QED) is 0.728. The average Bonchev–Trinajstić information content (AvgIpc) is 3.00. The molecule has 1 saturated heterocycles. The summed E-state index contributed by atoms with van der Waals surface area (Å²) >= 11 is 0. The number of hydrogen-bond donors (Lipinski definition) is 1. The monoisotopic (exact) mass is 199 g/mol. The first kappa shape index (κ1) is 10.4. The lowest BCUT2D eigenvalue weighted by atomic mass is 10.0. The van der Waals surface area contributed by atoms with Crippen molar-refractivity contribution in [2.24, 2.45) is 5.41 Å². The van der Waals surface area contributed by atoms with Crippen LogP contribution in [0.3, 0.4) is 0 Å². The molecule has 2 aliphatic rings. The summed E-state index contributed by atoms with van der Waals surface area (Å²) in [5.74, 6) is 0. The Morgan fingerprint density at radius 2 is 2.29 bits per heavy atom. The van der Waals surface area contributed by atoms with Crippen molar-refractivity contribution in [3.63, 3.8) is 0 Å². The lowest BCUT2D eigenvalue weighted by Gasteiger charge is -2.24. The molecule has 1 unspecified atom stereocenters. The largest absolute Gasteiger partial charge is 0.355 e. The Morgan fingerprint density at radius 1 is 1.43 bits per heavy atom. The van der Waals surface area contributed by atoms with Crippen molar-refractivity contribution in [3.05, 3.63) is 0 Å². The fourth-order valence-corrected chi connectivity index (χ4v) is 1.99. The van der Waals surface area contributed by atoms with E-state index in [1.165, 1.54) is 25.8 Å². The van der Waals surface area contributed by atoms with Crippen LogP contribution in [0.2, 0.25) is 0 Å². The Kier molecular flexibility index (Phi) is 3.42. The molecule has 0 bridgehead atoms. The second-order valence-corrected chi connectivity index (χ2v) is 4.59. The van der Waals surface area contributed by atoms with Crippen LogP contribution in [0.4, 0.5) is 0 Å². The van der Waals surface area contributed by atoms with Gasteiger partial charge in [-0.1, -0.05) is 6.92 Å². The molecule has 1 N–H and O–H groups in total. The van der Waals surface area contributed by atoms with Gasteiger partial charge in [-0.3, -0.25) is 0 Å². The summed E-state index contributed by atoms with van der Waals surface area (Å²) in [6.45, 7) is 5.78. The van der Waals surface area contributed by atoms with Gasteiger partial charge in [-0.2, -0.15) is 0 Å². The SMILES string of the molecule is CCC1(CNCC2CCOCO2)CC1. The van der Waals surface area contributed by atoms with Crippen LogP contribution in [0.15, 0.2) is 0 Å². The van der Waals surface area contributed by atoms with Gasteiger partial charge in [0.25, 0.3) is 0 Å². The summed E-state index contributed by atoms with van der Waals surface area (Å²) in [6, 6.07) is 0. The molecule has 0 spiro atoms. The molecular weight excluding hydrogens is 178 g/mol. The summed E-state index contributed by atoms with van der Waals surface area (Å²) in [7, 11) is 0. The van der Waals surface area contributed by atoms with Crippen molar-refractivity contribution < 1.29 is 9.47 Å². The molecule has 2 rings (SSSR count). The number of nitrogens with one attached hydrogen (secondary N) is 1. The second-order valence-electron chi connectivity index (χ2n) is 4.59. The van der Waals surface area contributed by atoms with Crippen LogP contribution in [0.25, 0.3) is 0 Å². The van der Waals surface area contributed by atoms with Gasteiger partial charge in [-0.25, -0.2) is 0 Å². The first-order chi connectivity index (χ1) is 6.85. The summed E-state index contributed by atoms with van der Waals surface area (Å²) in [5.41, 5.74) is 0.644. The fraction of sp³-hybridized carbons (Fsp3) is 1.00. The minimum atomic E-state index is 0.372. The zero-order valence-electron chi connectivity index (χ0n) is 9.05. The van der Waals surface area contributed by atoms with Gasteiger partial charge >= 0.3 is 0 Å². The van der Waals surface area contributed by atoms with Gasteiger partial charge < -0.3 is 14.8 Å². The van der Waals surface area contributed by atoms with Crippen LogP contribution < -0.4 is 5.32 Å². The molecule has 3 heteroatoms. The van der Waals surface area contributed by atoms with Crippen LogP contribution in [0, 0.1) is 5.41 Å². The Balaban J connectivity index is 1.58. The van der Waals surface area contributed by atoms with E-state index in [1.807, 2.05) is 0 Å². The van der Waals surface area contributed by atoms with Crippen LogP contribution in [0.1, 0.15) is 32.6 Å². The van der Waals surface area contributed by atoms with Crippen molar-refractivity contribution in [1.29, 1.82) is 0 Å². The maximum absolute atomic E-state index is 5.46. The van der Waals surface area contributed by atoms with Crippen molar-refractivity contribution in [2.75, 3.05) is 26.5 Å². The van der Waals surface area contributed by atoms with E-state index in [9.17, 15) is 0 Å². The average molecular weight is 199 g/mol. The molecule has 2 fully saturated rings. The van der Waals surface area contributed by atoms with E-state index in [0.29, 0.717) is 18.3 Å². The molecule has 0 aromatic rings. The standard InChI is InChI=1S/C11H21NO2/c1-2-11(4-5-11)8-12-7-10-3-6-13-9-14-10/h10,12H,2-9H2,1H3. The van der Waals surface area contributed by atoms with Gasteiger partial charge in [-0.05, 0) is 31.1 Å². The van der Waals surface area contributed by atoms with E-state index >= 15 is 0 Å². The van der Waals surface area contributed by atoms with Crippen molar-refractivity contribution in [1.82, 2.24) is 5.32 Å². The predicted octanol–water partition coefficient (Wildman–Crippen LogP) is 1.53. The molecule has 0 aromatic carbocycles. The second kappa shape index (κ2) is 4.60. The van der Waals surface area contributed by atoms with Gasteiger partial charge in [0.15, 0.2) is 0 Å². The predicted molar refractivity (Wildman–Crippen MR) is 55.1 cm³/mol. The molecule has 14 heavy (non-hydrogen) atoms. The van der Waals surface area contributed by atoms with Gasteiger partial charge in [0.1, 0.15) is 6.79 Å². The highest BCUT2D eigenvalue weighted by Crippen LogP contribution is 2.47. The van der Waals surface area contributed by atoms with Crippen LogP contribution >= 0.6 is 0 Å². The van der Waals surface area contributed by atoms with Crippen LogP contribution in [0.5, 0.6) is 0 Å². The molecule has 0 aromatic heterocycles. The summed E-state index contributed by atoms with van der Waals surface area (Å²) in [4.78, 5) is 0. The third-order valence-electron chi connectivity index (χ3n) is 3.55. The van der Waals surface area contributed by atoms with Gasteiger partial charge in [0, 0.05) is 13.1 Å². The molecule has 1 atom stereocenters. The van der Waals surface area contributed by atoms with E-state index in [-0.39, 0.29) is 0 Å². The minimum Gasteiger partial charge on any atom is -0.355 e.